The summed E-state index contributed by atoms with van der Waals surface area (Å²) in [5.41, 5.74) is 2.41. The number of hydrogen-bond acceptors (Lipinski definition) is 4. The van der Waals surface area contributed by atoms with E-state index in [0.717, 1.165) is 30.4 Å². The molecule has 2 N–H and O–H groups in total. The number of aryl methyl sites for hydroxylation is 2. The first-order valence-electron chi connectivity index (χ1n) is 13.0. The second kappa shape index (κ2) is 11.8. The van der Waals surface area contributed by atoms with Crippen LogP contribution in [0.25, 0.3) is 0 Å². The molecule has 6 nitrogen and oxygen atoms in total. The van der Waals surface area contributed by atoms with Crippen LogP contribution in [-0.4, -0.2) is 25.9 Å². The van der Waals surface area contributed by atoms with E-state index in [4.69, 9.17) is 0 Å². The van der Waals surface area contributed by atoms with Crippen molar-refractivity contribution in [2.45, 2.75) is 101 Å². The second-order valence-corrected chi connectivity index (χ2v) is 13.6. The van der Waals surface area contributed by atoms with Crippen LogP contribution in [0.5, 0.6) is 0 Å². The van der Waals surface area contributed by atoms with Gasteiger partial charge in [0, 0.05) is 0 Å². The van der Waals surface area contributed by atoms with Gasteiger partial charge in [-0.1, -0.05) is 87.3 Å². The van der Waals surface area contributed by atoms with Crippen LogP contribution in [-0.2, 0) is 33.1 Å². The maximum atomic E-state index is 12.2. The van der Waals surface area contributed by atoms with Crippen molar-refractivity contribution >= 4 is 20.2 Å². The van der Waals surface area contributed by atoms with Crippen LogP contribution in [0.1, 0.15) is 87.0 Å². The van der Waals surface area contributed by atoms with Gasteiger partial charge in [0.1, 0.15) is 0 Å². The third-order valence-electron chi connectivity index (χ3n) is 7.91. The largest absolute Gasteiger partial charge is 0.294 e. The van der Waals surface area contributed by atoms with Crippen LogP contribution in [0.4, 0.5) is 0 Å². The number of hydrogen-bond donors (Lipinski definition) is 2. The van der Waals surface area contributed by atoms with Gasteiger partial charge in [0.25, 0.3) is 20.2 Å². The lowest BCUT2D eigenvalue weighted by Crippen LogP contribution is -2.28. The molecular formula is C28H40O6S2. The van der Waals surface area contributed by atoms with Gasteiger partial charge in [-0.25, -0.2) is 0 Å². The van der Waals surface area contributed by atoms with Crippen LogP contribution in [0.3, 0.4) is 0 Å². The molecule has 36 heavy (non-hydrogen) atoms. The van der Waals surface area contributed by atoms with Crippen LogP contribution in [0, 0.1) is 25.2 Å². The standard InChI is InChI=1S/C28H40O6S2/c1-4-28(16-8-11-23-9-6-5-7-10-23,19-24-17-21(2)12-14-26(24)35(29,30)31)20-25-18-22(3)13-15-27(25)36(32,33)34/h12-15,17-18,23H,4-11,16,19-20H2,1-3H3,(H,29,30,31)(H,32,33,34). The molecule has 2 aromatic rings. The SMILES string of the molecule is CCC(CCCC1CCCCC1)(Cc1cc(C)ccc1S(=O)(=O)O)Cc1cc(C)ccc1S(=O)(=O)O. The molecule has 0 atom stereocenters. The monoisotopic (exact) mass is 536 g/mol. The zero-order chi connectivity index (χ0) is 26.6. The summed E-state index contributed by atoms with van der Waals surface area (Å²) >= 11 is 0. The van der Waals surface area contributed by atoms with Gasteiger partial charge < -0.3 is 0 Å². The molecule has 0 spiro atoms. The Morgan fingerprint density at radius 2 is 1.28 bits per heavy atom. The van der Waals surface area contributed by atoms with E-state index in [9.17, 15) is 25.9 Å². The molecule has 0 aromatic heterocycles. The molecule has 0 amide bonds. The second-order valence-electron chi connectivity index (χ2n) is 10.8. The van der Waals surface area contributed by atoms with Gasteiger partial charge in [-0.2, -0.15) is 16.8 Å². The fourth-order valence-corrected chi connectivity index (χ4v) is 7.32. The van der Waals surface area contributed by atoms with E-state index in [0.29, 0.717) is 36.3 Å². The summed E-state index contributed by atoms with van der Waals surface area (Å²) in [6, 6.07) is 9.82. The Bertz CT molecular complexity index is 1180. The van der Waals surface area contributed by atoms with Gasteiger partial charge in [-0.3, -0.25) is 9.11 Å². The van der Waals surface area contributed by atoms with Gasteiger partial charge in [-0.05, 0) is 74.1 Å². The summed E-state index contributed by atoms with van der Waals surface area (Å²) in [7, 11) is -8.83. The van der Waals surface area contributed by atoms with E-state index in [1.54, 1.807) is 24.3 Å². The zero-order valence-electron chi connectivity index (χ0n) is 21.7. The molecule has 0 heterocycles. The normalized spacial score (nSPS) is 15.8. The van der Waals surface area contributed by atoms with Gasteiger partial charge in [0.2, 0.25) is 0 Å². The first-order valence-corrected chi connectivity index (χ1v) is 15.8. The highest BCUT2D eigenvalue weighted by Crippen LogP contribution is 2.41. The molecule has 8 heteroatoms. The summed E-state index contributed by atoms with van der Waals surface area (Å²) in [5, 5.41) is 0. The van der Waals surface area contributed by atoms with Crippen LogP contribution < -0.4 is 0 Å². The summed E-state index contributed by atoms with van der Waals surface area (Å²) < 4.78 is 68.6. The Morgan fingerprint density at radius 3 is 1.69 bits per heavy atom. The van der Waals surface area contributed by atoms with Crippen molar-refractivity contribution in [1.29, 1.82) is 0 Å². The van der Waals surface area contributed by atoms with E-state index >= 15 is 0 Å². The van der Waals surface area contributed by atoms with Crippen molar-refractivity contribution < 1.29 is 25.9 Å². The zero-order valence-corrected chi connectivity index (χ0v) is 23.3. The lowest BCUT2D eigenvalue weighted by molar-refractivity contribution is 0.219. The molecular weight excluding hydrogens is 496 g/mol. The van der Waals surface area contributed by atoms with Crippen molar-refractivity contribution in [3.05, 3.63) is 58.7 Å². The average molecular weight is 537 g/mol. The fourth-order valence-electron chi connectivity index (χ4n) is 5.91. The van der Waals surface area contributed by atoms with Crippen molar-refractivity contribution in [2.24, 2.45) is 11.3 Å². The predicted molar refractivity (Wildman–Crippen MR) is 143 cm³/mol. The summed E-state index contributed by atoms with van der Waals surface area (Å²) in [6.07, 6.45) is 10.6. The van der Waals surface area contributed by atoms with Gasteiger partial charge >= 0.3 is 0 Å². The Kier molecular flexibility index (Phi) is 9.41. The van der Waals surface area contributed by atoms with Gasteiger partial charge in [-0.15, -0.1) is 0 Å². The first kappa shape index (κ1) is 28.8. The topological polar surface area (TPSA) is 109 Å². The smallest absolute Gasteiger partial charge is 0.282 e. The molecule has 1 saturated carbocycles. The van der Waals surface area contributed by atoms with Crippen molar-refractivity contribution in [3.63, 3.8) is 0 Å². The molecule has 0 saturated heterocycles. The number of benzene rings is 2. The fraction of sp³-hybridized carbons (Fsp3) is 0.571. The highest BCUT2D eigenvalue weighted by molar-refractivity contribution is 7.86. The Labute approximate surface area is 217 Å². The van der Waals surface area contributed by atoms with E-state index in [-0.39, 0.29) is 9.79 Å². The predicted octanol–water partition coefficient (Wildman–Crippen LogP) is 6.73. The minimum absolute atomic E-state index is 0.0996. The molecule has 0 radical (unpaired) electrons. The lowest BCUT2D eigenvalue weighted by atomic mass is 9.70. The van der Waals surface area contributed by atoms with Gasteiger partial charge in [0.05, 0.1) is 9.79 Å². The molecule has 3 rings (SSSR count). The highest BCUT2D eigenvalue weighted by atomic mass is 32.2. The Morgan fingerprint density at radius 1 is 0.806 bits per heavy atom. The van der Waals surface area contributed by atoms with E-state index in [1.807, 2.05) is 20.8 Å². The van der Waals surface area contributed by atoms with Crippen molar-refractivity contribution in [2.75, 3.05) is 0 Å². The molecule has 1 fully saturated rings. The van der Waals surface area contributed by atoms with Crippen molar-refractivity contribution in [3.8, 4) is 0 Å². The maximum Gasteiger partial charge on any atom is 0.294 e. The molecule has 0 aliphatic heterocycles. The first-order chi connectivity index (χ1) is 16.8. The highest BCUT2D eigenvalue weighted by Gasteiger charge is 2.33. The van der Waals surface area contributed by atoms with Crippen LogP contribution in [0.2, 0.25) is 0 Å². The van der Waals surface area contributed by atoms with E-state index < -0.39 is 25.7 Å². The quantitative estimate of drug-likeness (QED) is 0.308. The Hall–Kier alpha value is -1.74. The molecule has 2 aromatic carbocycles. The molecule has 1 aliphatic rings. The van der Waals surface area contributed by atoms with Gasteiger partial charge in [0.15, 0.2) is 0 Å². The van der Waals surface area contributed by atoms with Crippen molar-refractivity contribution in [1.82, 2.24) is 0 Å². The molecule has 0 unspecified atom stereocenters. The molecule has 1 aliphatic carbocycles. The van der Waals surface area contributed by atoms with E-state index in [2.05, 4.69) is 0 Å². The van der Waals surface area contributed by atoms with Crippen LogP contribution in [0.15, 0.2) is 46.2 Å². The minimum Gasteiger partial charge on any atom is -0.282 e. The third kappa shape index (κ3) is 7.63. The minimum atomic E-state index is -4.42. The summed E-state index contributed by atoms with van der Waals surface area (Å²) in [6.45, 7) is 5.81. The Balaban J connectivity index is 2.02. The summed E-state index contributed by atoms with van der Waals surface area (Å²) in [5.74, 6) is 0.702. The maximum absolute atomic E-state index is 12.2. The molecule has 200 valence electrons. The average Bonchev–Trinajstić information content (AvgIpc) is 2.78. The number of rotatable bonds is 11. The van der Waals surface area contributed by atoms with Crippen LogP contribution >= 0.6 is 0 Å². The summed E-state index contributed by atoms with van der Waals surface area (Å²) in [4.78, 5) is -0.199. The third-order valence-corrected chi connectivity index (χ3v) is 9.82. The lowest BCUT2D eigenvalue weighted by Gasteiger charge is -2.35. The molecule has 0 bridgehead atoms. The van der Waals surface area contributed by atoms with E-state index in [1.165, 1.54) is 44.2 Å².